The van der Waals surface area contributed by atoms with Crippen LogP contribution in [0.1, 0.15) is 5.56 Å². The van der Waals surface area contributed by atoms with Gasteiger partial charge in [-0.05, 0) is 33.6 Å². The number of aliphatic carboxylic acids is 1. The predicted molar refractivity (Wildman–Crippen MR) is 58.5 cm³/mol. The van der Waals surface area contributed by atoms with Gasteiger partial charge in [0, 0.05) is 11.0 Å². The summed E-state index contributed by atoms with van der Waals surface area (Å²) in [6.45, 7) is 0.475. The van der Waals surface area contributed by atoms with Crippen LogP contribution in [0.3, 0.4) is 0 Å². The first kappa shape index (κ1) is 11.5. The van der Waals surface area contributed by atoms with Crippen LogP contribution in [0.25, 0.3) is 0 Å². The first-order chi connectivity index (χ1) is 6.59. The highest BCUT2D eigenvalue weighted by Gasteiger charge is 2.00. The number of carboxylic acid groups (broad SMARTS) is 1. The molecule has 1 aromatic carbocycles. The Kier molecular flexibility index (Phi) is 4.38. The minimum atomic E-state index is -0.863. The van der Waals surface area contributed by atoms with E-state index in [9.17, 15) is 4.79 Å². The molecule has 14 heavy (non-hydrogen) atoms. The molecule has 0 aliphatic rings. The fraction of sp³-hybridized carbons (Fsp3) is 0.222. The molecule has 76 valence electrons. The van der Waals surface area contributed by atoms with Crippen LogP contribution in [0.2, 0.25) is 5.02 Å². The second-order valence-electron chi connectivity index (χ2n) is 2.75. The van der Waals surface area contributed by atoms with Gasteiger partial charge in [0.2, 0.25) is 0 Å². The third-order valence-corrected chi connectivity index (χ3v) is 2.80. The number of benzene rings is 1. The molecule has 3 nitrogen and oxygen atoms in total. The first-order valence-electron chi connectivity index (χ1n) is 3.96. The smallest absolute Gasteiger partial charge is 0.317 e. The maximum atomic E-state index is 10.2. The molecular weight excluding hydrogens is 269 g/mol. The normalized spacial score (nSPS) is 10.1. The molecular formula is C9H9BrClNO2. The Hall–Kier alpha value is -0.580. The first-order valence-corrected chi connectivity index (χ1v) is 5.13. The molecule has 0 bridgehead atoms. The van der Waals surface area contributed by atoms with Crippen LogP contribution in [0.4, 0.5) is 0 Å². The van der Waals surface area contributed by atoms with E-state index in [0.29, 0.717) is 11.6 Å². The summed E-state index contributed by atoms with van der Waals surface area (Å²) in [5.41, 5.74) is 0.988. The lowest BCUT2D eigenvalue weighted by Crippen LogP contribution is -2.21. The van der Waals surface area contributed by atoms with Crippen molar-refractivity contribution in [2.45, 2.75) is 6.54 Å². The second kappa shape index (κ2) is 5.34. The molecule has 0 saturated heterocycles. The largest absolute Gasteiger partial charge is 0.480 e. The highest BCUT2D eigenvalue weighted by atomic mass is 79.9. The van der Waals surface area contributed by atoms with E-state index in [0.717, 1.165) is 10.0 Å². The van der Waals surface area contributed by atoms with Crippen molar-refractivity contribution in [1.82, 2.24) is 5.32 Å². The molecule has 0 unspecified atom stereocenters. The zero-order chi connectivity index (χ0) is 10.6. The molecule has 0 aliphatic heterocycles. The van der Waals surface area contributed by atoms with Crippen molar-refractivity contribution in [3.8, 4) is 0 Å². The van der Waals surface area contributed by atoms with Crippen LogP contribution < -0.4 is 5.32 Å². The van der Waals surface area contributed by atoms with Crippen LogP contribution in [0.5, 0.6) is 0 Å². The fourth-order valence-electron chi connectivity index (χ4n) is 0.963. The van der Waals surface area contributed by atoms with Crippen molar-refractivity contribution < 1.29 is 9.90 Å². The molecule has 0 atom stereocenters. The monoisotopic (exact) mass is 277 g/mol. The Bertz CT molecular complexity index is 344. The Morgan fingerprint density at radius 3 is 2.86 bits per heavy atom. The number of carbonyl (C=O) groups is 1. The quantitative estimate of drug-likeness (QED) is 0.888. The lowest BCUT2D eigenvalue weighted by atomic mass is 10.2. The van der Waals surface area contributed by atoms with Crippen molar-refractivity contribution in [3.05, 3.63) is 33.3 Å². The van der Waals surface area contributed by atoms with E-state index in [-0.39, 0.29) is 6.54 Å². The van der Waals surface area contributed by atoms with Gasteiger partial charge in [0.15, 0.2) is 0 Å². The molecule has 0 saturated carbocycles. The summed E-state index contributed by atoms with van der Waals surface area (Å²) >= 11 is 9.09. The standard InChI is InChI=1S/C9H9BrClNO2/c10-7-3-6(1-2-8(7)11)4-12-5-9(13)14/h1-3,12H,4-5H2,(H,13,14). The Morgan fingerprint density at radius 2 is 2.29 bits per heavy atom. The van der Waals surface area contributed by atoms with E-state index >= 15 is 0 Å². The summed E-state index contributed by atoms with van der Waals surface area (Å²) in [6, 6.07) is 5.47. The third kappa shape index (κ3) is 3.65. The van der Waals surface area contributed by atoms with E-state index in [1.165, 1.54) is 0 Å². The number of nitrogens with one attached hydrogen (secondary N) is 1. The average Bonchev–Trinajstić information content (AvgIpc) is 2.10. The average molecular weight is 279 g/mol. The van der Waals surface area contributed by atoms with Crippen LogP contribution in [-0.2, 0) is 11.3 Å². The van der Waals surface area contributed by atoms with E-state index in [1.807, 2.05) is 12.1 Å². The molecule has 1 aromatic rings. The predicted octanol–water partition coefficient (Wildman–Crippen LogP) is 2.28. The van der Waals surface area contributed by atoms with Gasteiger partial charge in [-0.1, -0.05) is 17.7 Å². The minimum absolute atomic E-state index is 0.0414. The van der Waals surface area contributed by atoms with Crippen molar-refractivity contribution in [2.75, 3.05) is 6.54 Å². The number of hydrogen-bond donors (Lipinski definition) is 2. The van der Waals surface area contributed by atoms with Gasteiger partial charge in [0.05, 0.1) is 11.6 Å². The van der Waals surface area contributed by atoms with Crippen molar-refractivity contribution in [3.63, 3.8) is 0 Å². The van der Waals surface area contributed by atoms with Crippen molar-refractivity contribution in [2.24, 2.45) is 0 Å². The van der Waals surface area contributed by atoms with Gasteiger partial charge in [-0.15, -0.1) is 0 Å². The molecule has 0 spiro atoms. The topological polar surface area (TPSA) is 49.3 Å². The molecule has 2 N–H and O–H groups in total. The van der Waals surface area contributed by atoms with Gasteiger partial charge in [0.25, 0.3) is 0 Å². The summed E-state index contributed by atoms with van der Waals surface area (Å²) in [4.78, 5) is 10.2. The van der Waals surface area contributed by atoms with Crippen molar-refractivity contribution >= 4 is 33.5 Å². The highest BCUT2D eigenvalue weighted by molar-refractivity contribution is 9.10. The zero-order valence-electron chi connectivity index (χ0n) is 7.26. The van der Waals surface area contributed by atoms with E-state index in [1.54, 1.807) is 6.07 Å². The lowest BCUT2D eigenvalue weighted by Gasteiger charge is -2.03. The Labute approximate surface area is 95.2 Å². The van der Waals surface area contributed by atoms with Gasteiger partial charge in [-0.25, -0.2) is 0 Å². The van der Waals surface area contributed by atoms with Crippen LogP contribution in [0.15, 0.2) is 22.7 Å². The molecule has 0 aromatic heterocycles. The molecule has 0 fully saturated rings. The lowest BCUT2D eigenvalue weighted by molar-refractivity contribution is -0.135. The molecule has 0 aliphatic carbocycles. The minimum Gasteiger partial charge on any atom is -0.480 e. The summed E-state index contributed by atoms with van der Waals surface area (Å²) in [7, 11) is 0. The van der Waals surface area contributed by atoms with Crippen LogP contribution >= 0.6 is 27.5 Å². The molecule has 0 heterocycles. The summed E-state index contributed by atoms with van der Waals surface area (Å²) in [5.74, 6) is -0.863. The summed E-state index contributed by atoms with van der Waals surface area (Å²) in [5, 5.41) is 11.8. The molecule has 0 radical (unpaired) electrons. The number of rotatable bonds is 4. The number of hydrogen-bond acceptors (Lipinski definition) is 2. The fourth-order valence-corrected chi connectivity index (χ4v) is 1.51. The van der Waals surface area contributed by atoms with E-state index < -0.39 is 5.97 Å². The maximum absolute atomic E-state index is 10.2. The molecule has 0 amide bonds. The van der Waals surface area contributed by atoms with Gasteiger partial charge in [-0.2, -0.15) is 0 Å². The van der Waals surface area contributed by atoms with Crippen LogP contribution in [-0.4, -0.2) is 17.6 Å². The van der Waals surface area contributed by atoms with Gasteiger partial charge in [-0.3, -0.25) is 4.79 Å². The van der Waals surface area contributed by atoms with E-state index in [2.05, 4.69) is 21.2 Å². The molecule has 5 heteroatoms. The van der Waals surface area contributed by atoms with Crippen molar-refractivity contribution in [1.29, 1.82) is 0 Å². The maximum Gasteiger partial charge on any atom is 0.317 e. The Morgan fingerprint density at radius 1 is 1.57 bits per heavy atom. The highest BCUT2D eigenvalue weighted by Crippen LogP contribution is 2.22. The van der Waals surface area contributed by atoms with Gasteiger partial charge >= 0.3 is 5.97 Å². The summed E-state index contributed by atoms with van der Waals surface area (Å²) < 4.78 is 0.814. The van der Waals surface area contributed by atoms with Gasteiger partial charge < -0.3 is 10.4 Å². The molecule has 1 rings (SSSR count). The van der Waals surface area contributed by atoms with Gasteiger partial charge in [0.1, 0.15) is 0 Å². The second-order valence-corrected chi connectivity index (χ2v) is 4.01. The Balaban J connectivity index is 2.51. The third-order valence-electron chi connectivity index (χ3n) is 1.59. The zero-order valence-corrected chi connectivity index (χ0v) is 9.60. The van der Waals surface area contributed by atoms with Crippen LogP contribution in [0, 0.1) is 0 Å². The van der Waals surface area contributed by atoms with E-state index in [4.69, 9.17) is 16.7 Å². The summed E-state index contributed by atoms with van der Waals surface area (Å²) in [6.07, 6.45) is 0. The number of carboxylic acids is 1. The number of halogens is 2. The SMILES string of the molecule is O=C(O)CNCc1ccc(Cl)c(Br)c1.